The van der Waals surface area contributed by atoms with Crippen LogP contribution in [0.2, 0.25) is 0 Å². The zero-order chi connectivity index (χ0) is 16.9. The van der Waals surface area contributed by atoms with Gasteiger partial charge in [0.1, 0.15) is 5.75 Å². The molecule has 1 aliphatic rings. The van der Waals surface area contributed by atoms with Gasteiger partial charge in [0.2, 0.25) is 5.91 Å². The van der Waals surface area contributed by atoms with E-state index in [9.17, 15) is 9.90 Å². The number of phenols is 1. The Kier molecular flexibility index (Phi) is 6.67. The molecule has 3 N–H and O–H groups in total. The minimum Gasteiger partial charge on any atom is -0.506 e. The highest BCUT2D eigenvalue weighted by Gasteiger charge is 2.26. The number of para-hydroxylation sites is 2. The van der Waals surface area contributed by atoms with Gasteiger partial charge in [-0.05, 0) is 24.1 Å². The van der Waals surface area contributed by atoms with E-state index in [2.05, 4.69) is 4.90 Å². The van der Waals surface area contributed by atoms with Gasteiger partial charge in [-0.1, -0.05) is 42.5 Å². The van der Waals surface area contributed by atoms with E-state index < -0.39 is 6.04 Å². The number of nitrogens with zero attached hydrogens (tertiary/aromatic N) is 2. The highest BCUT2D eigenvalue weighted by atomic mass is 35.5. The molecule has 0 aliphatic carbocycles. The van der Waals surface area contributed by atoms with Gasteiger partial charge in [-0.15, -0.1) is 12.4 Å². The molecule has 2 aromatic carbocycles. The Hall–Kier alpha value is -2.24. The molecular weight excluding hydrogens is 338 g/mol. The number of hydrogen-bond acceptors (Lipinski definition) is 4. The first-order chi connectivity index (χ1) is 11.6. The number of aromatic hydroxyl groups is 1. The molecule has 1 heterocycles. The number of carbonyl (C=O) groups excluding carboxylic acids is 1. The summed E-state index contributed by atoms with van der Waals surface area (Å²) in [5.74, 6) is 0.272. The molecule has 1 fully saturated rings. The summed E-state index contributed by atoms with van der Waals surface area (Å²) < 4.78 is 0. The first kappa shape index (κ1) is 19.1. The molecule has 1 saturated heterocycles. The minimum atomic E-state index is -0.510. The van der Waals surface area contributed by atoms with Gasteiger partial charge in [0.15, 0.2) is 0 Å². The van der Waals surface area contributed by atoms with Crippen molar-refractivity contribution >= 4 is 24.0 Å². The van der Waals surface area contributed by atoms with E-state index in [1.807, 2.05) is 47.4 Å². The fraction of sp³-hybridized carbons (Fsp3) is 0.316. The van der Waals surface area contributed by atoms with Gasteiger partial charge >= 0.3 is 0 Å². The van der Waals surface area contributed by atoms with Crippen LogP contribution in [-0.4, -0.2) is 48.1 Å². The number of hydrogen-bond donors (Lipinski definition) is 2. The number of phenolic OH excluding ortho intramolecular Hbond substituents is 1. The Morgan fingerprint density at radius 3 is 2.24 bits per heavy atom. The van der Waals surface area contributed by atoms with Crippen molar-refractivity contribution in [3.05, 3.63) is 60.2 Å². The maximum Gasteiger partial charge on any atom is 0.239 e. The smallest absolute Gasteiger partial charge is 0.239 e. The number of rotatable bonds is 4. The predicted octanol–water partition coefficient (Wildman–Crippen LogP) is 2.03. The van der Waals surface area contributed by atoms with Crippen LogP contribution in [0.3, 0.4) is 0 Å². The van der Waals surface area contributed by atoms with Crippen LogP contribution in [0.4, 0.5) is 5.69 Å². The number of amides is 1. The number of anilines is 1. The van der Waals surface area contributed by atoms with Crippen LogP contribution in [0.15, 0.2) is 54.6 Å². The SMILES string of the molecule is Cl.NC(Cc1ccccc1)C(=O)N1CCN(c2ccccc2O)CC1. The molecular formula is C19H24ClN3O2. The van der Waals surface area contributed by atoms with Gasteiger partial charge < -0.3 is 20.6 Å². The fourth-order valence-corrected chi connectivity index (χ4v) is 3.09. The van der Waals surface area contributed by atoms with E-state index in [1.54, 1.807) is 12.1 Å². The monoisotopic (exact) mass is 361 g/mol. The predicted molar refractivity (Wildman–Crippen MR) is 102 cm³/mol. The van der Waals surface area contributed by atoms with E-state index in [1.165, 1.54) is 0 Å². The van der Waals surface area contributed by atoms with E-state index in [-0.39, 0.29) is 24.1 Å². The van der Waals surface area contributed by atoms with Gasteiger partial charge in [-0.2, -0.15) is 0 Å². The van der Waals surface area contributed by atoms with Crippen molar-refractivity contribution in [3.8, 4) is 5.75 Å². The Morgan fingerprint density at radius 2 is 1.60 bits per heavy atom. The number of benzene rings is 2. The lowest BCUT2D eigenvalue weighted by atomic mass is 10.1. The molecule has 0 saturated carbocycles. The van der Waals surface area contributed by atoms with Crippen LogP contribution in [0.5, 0.6) is 5.75 Å². The lowest BCUT2D eigenvalue weighted by Gasteiger charge is -2.37. The third-order valence-corrected chi connectivity index (χ3v) is 4.43. The van der Waals surface area contributed by atoms with Gasteiger partial charge in [0.25, 0.3) is 0 Å². The molecule has 0 bridgehead atoms. The lowest BCUT2D eigenvalue weighted by molar-refractivity contribution is -0.132. The van der Waals surface area contributed by atoms with Crippen LogP contribution >= 0.6 is 12.4 Å². The average molecular weight is 362 g/mol. The lowest BCUT2D eigenvalue weighted by Crippen LogP contribution is -2.53. The first-order valence-corrected chi connectivity index (χ1v) is 8.26. The second-order valence-corrected chi connectivity index (χ2v) is 6.10. The Bertz CT molecular complexity index is 688. The maximum absolute atomic E-state index is 12.5. The van der Waals surface area contributed by atoms with Crippen molar-refractivity contribution in [1.29, 1.82) is 0 Å². The highest BCUT2D eigenvalue weighted by Crippen LogP contribution is 2.27. The second kappa shape index (κ2) is 8.74. The first-order valence-electron chi connectivity index (χ1n) is 8.26. The molecule has 5 nitrogen and oxygen atoms in total. The van der Waals surface area contributed by atoms with Crippen LogP contribution < -0.4 is 10.6 Å². The van der Waals surface area contributed by atoms with E-state index in [0.717, 1.165) is 11.3 Å². The molecule has 0 aromatic heterocycles. The van der Waals surface area contributed by atoms with Crippen molar-refractivity contribution in [1.82, 2.24) is 4.90 Å². The Balaban J connectivity index is 0.00000225. The summed E-state index contributed by atoms with van der Waals surface area (Å²) in [6.07, 6.45) is 0.555. The molecule has 25 heavy (non-hydrogen) atoms. The summed E-state index contributed by atoms with van der Waals surface area (Å²) in [5, 5.41) is 9.95. The number of nitrogens with two attached hydrogens (primary N) is 1. The molecule has 1 atom stereocenters. The maximum atomic E-state index is 12.5. The summed E-state index contributed by atoms with van der Waals surface area (Å²) in [6.45, 7) is 2.63. The van der Waals surface area contributed by atoms with Gasteiger partial charge in [0, 0.05) is 26.2 Å². The standard InChI is InChI=1S/C19H23N3O2.ClH/c20-16(14-15-6-2-1-3-7-15)19(24)22-12-10-21(11-13-22)17-8-4-5-9-18(17)23;/h1-9,16,23H,10-14,20H2;1H. The summed E-state index contributed by atoms with van der Waals surface area (Å²) in [5.41, 5.74) is 8.00. The number of carbonyl (C=O) groups is 1. The van der Waals surface area contributed by atoms with E-state index in [4.69, 9.17) is 5.73 Å². The molecule has 134 valence electrons. The minimum absolute atomic E-state index is 0. The molecule has 1 aliphatic heterocycles. The largest absolute Gasteiger partial charge is 0.506 e. The molecule has 6 heteroatoms. The zero-order valence-electron chi connectivity index (χ0n) is 14.0. The Morgan fingerprint density at radius 1 is 1.00 bits per heavy atom. The Labute approximate surface area is 154 Å². The number of halogens is 1. The zero-order valence-corrected chi connectivity index (χ0v) is 14.9. The van der Waals surface area contributed by atoms with Crippen molar-refractivity contribution in [3.63, 3.8) is 0 Å². The van der Waals surface area contributed by atoms with Gasteiger partial charge in [-0.3, -0.25) is 4.79 Å². The summed E-state index contributed by atoms with van der Waals surface area (Å²) >= 11 is 0. The number of piperazine rings is 1. The highest BCUT2D eigenvalue weighted by molar-refractivity contribution is 5.85. The molecule has 1 amide bonds. The normalized spacial score (nSPS) is 15.4. The van der Waals surface area contributed by atoms with Crippen LogP contribution in [0.25, 0.3) is 0 Å². The van der Waals surface area contributed by atoms with E-state index in [0.29, 0.717) is 32.6 Å². The molecule has 0 spiro atoms. The molecule has 1 unspecified atom stereocenters. The quantitative estimate of drug-likeness (QED) is 0.874. The summed E-state index contributed by atoms with van der Waals surface area (Å²) in [7, 11) is 0. The van der Waals surface area contributed by atoms with Crippen LogP contribution in [0.1, 0.15) is 5.56 Å². The molecule has 0 radical (unpaired) electrons. The van der Waals surface area contributed by atoms with Crippen molar-refractivity contribution < 1.29 is 9.90 Å². The fourth-order valence-electron chi connectivity index (χ4n) is 3.09. The third kappa shape index (κ3) is 4.65. The molecule has 2 aromatic rings. The topological polar surface area (TPSA) is 69.8 Å². The van der Waals surface area contributed by atoms with Crippen LogP contribution in [-0.2, 0) is 11.2 Å². The van der Waals surface area contributed by atoms with Crippen molar-refractivity contribution in [2.45, 2.75) is 12.5 Å². The second-order valence-electron chi connectivity index (χ2n) is 6.10. The van der Waals surface area contributed by atoms with Crippen molar-refractivity contribution in [2.75, 3.05) is 31.1 Å². The summed E-state index contributed by atoms with van der Waals surface area (Å²) in [4.78, 5) is 16.5. The third-order valence-electron chi connectivity index (χ3n) is 4.43. The van der Waals surface area contributed by atoms with Gasteiger partial charge in [0.05, 0.1) is 11.7 Å². The van der Waals surface area contributed by atoms with Gasteiger partial charge in [-0.25, -0.2) is 0 Å². The molecule has 3 rings (SSSR count). The van der Waals surface area contributed by atoms with Crippen LogP contribution in [0, 0.1) is 0 Å². The van der Waals surface area contributed by atoms with Crippen molar-refractivity contribution in [2.24, 2.45) is 5.73 Å². The average Bonchev–Trinajstić information content (AvgIpc) is 2.62. The van der Waals surface area contributed by atoms with E-state index >= 15 is 0 Å². The summed E-state index contributed by atoms with van der Waals surface area (Å²) in [6, 6.07) is 16.6.